The zero-order chi connectivity index (χ0) is 17.1. The molecular formula is C19H20FNO3. The summed E-state index contributed by atoms with van der Waals surface area (Å²) in [6.07, 6.45) is 2.32. The van der Waals surface area contributed by atoms with Crippen molar-refractivity contribution < 1.29 is 18.7 Å². The second-order valence-corrected chi connectivity index (χ2v) is 5.94. The van der Waals surface area contributed by atoms with Crippen LogP contribution in [0.5, 0.6) is 5.75 Å². The molecule has 4 nitrogen and oxygen atoms in total. The molecule has 0 aromatic heterocycles. The number of benzene rings is 2. The number of methoxy groups -OCH3 is 1. The highest BCUT2D eigenvalue weighted by Crippen LogP contribution is 2.37. The van der Waals surface area contributed by atoms with Crippen molar-refractivity contribution in [2.75, 3.05) is 7.11 Å². The maximum Gasteiger partial charge on any atom is 0.307 e. The predicted molar refractivity (Wildman–Crippen MR) is 89.0 cm³/mol. The van der Waals surface area contributed by atoms with Crippen molar-refractivity contribution in [3.8, 4) is 16.9 Å². The van der Waals surface area contributed by atoms with E-state index in [2.05, 4.69) is 4.74 Å². The van der Waals surface area contributed by atoms with E-state index in [0.29, 0.717) is 11.3 Å². The average molecular weight is 329 g/mol. The fourth-order valence-corrected chi connectivity index (χ4v) is 2.53. The molecular weight excluding hydrogens is 309 g/mol. The van der Waals surface area contributed by atoms with Crippen LogP contribution in [-0.4, -0.2) is 19.2 Å². The van der Waals surface area contributed by atoms with Crippen molar-refractivity contribution in [1.82, 2.24) is 0 Å². The van der Waals surface area contributed by atoms with Gasteiger partial charge in [-0.15, -0.1) is 0 Å². The lowest BCUT2D eigenvalue weighted by Crippen LogP contribution is -2.16. The van der Waals surface area contributed by atoms with Crippen LogP contribution in [0, 0.1) is 5.82 Å². The molecule has 1 aliphatic carbocycles. The van der Waals surface area contributed by atoms with E-state index in [0.717, 1.165) is 24.0 Å². The fraction of sp³-hybridized carbons (Fsp3) is 0.316. The lowest BCUT2D eigenvalue weighted by atomic mass is 9.99. The van der Waals surface area contributed by atoms with Gasteiger partial charge >= 0.3 is 5.97 Å². The minimum Gasteiger partial charge on any atom is -0.490 e. The molecule has 0 aliphatic heterocycles. The van der Waals surface area contributed by atoms with Gasteiger partial charge in [-0.05, 0) is 36.1 Å². The van der Waals surface area contributed by atoms with E-state index in [9.17, 15) is 9.18 Å². The van der Waals surface area contributed by atoms with Gasteiger partial charge in [-0.2, -0.15) is 0 Å². The van der Waals surface area contributed by atoms with E-state index in [1.54, 1.807) is 36.4 Å². The second kappa shape index (κ2) is 7.01. The molecule has 24 heavy (non-hydrogen) atoms. The summed E-state index contributed by atoms with van der Waals surface area (Å²) >= 11 is 0. The minimum atomic E-state index is -0.450. The highest BCUT2D eigenvalue weighted by molar-refractivity contribution is 5.72. The van der Waals surface area contributed by atoms with Gasteiger partial charge < -0.3 is 15.2 Å². The molecule has 1 fully saturated rings. The lowest BCUT2D eigenvalue weighted by Gasteiger charge is -2.14. The van der Waals surface area contributed by atoms with Crippen molar-refractivity contribution in [3.63, 3.8) is 0 Å². The van der Waals surface area contributed by atoms with Crippen LogP contribution in [0.15, 0.2) is 42.5 Å². The molecule has 0 amide bonds. The smallest absolute Gasteiger partial charge is 0.307 e. The van der Waals surface area contributed by atoms with E-state index in [1.807, 2.05) is 0 Å². The maximum atomic E-state index is 14.3. The van der Waals surface area contributed by atoms with Gasteiger partial charge in [0.05, 0.1) is 25.2 Å². The lowest BCUT2D eigenvalue weighted by molar-refractivity contribution is -0.141. The van der Waals surface area contributed by atoms with Crippen LogP contribution in [0.4, 0.5) is 4.39 Å². The quantitative estimate of drug-likeness (QED) is 0.823. The molecule has 1 saturated carbocycles. The van der Waals surface area contributed by atoms with Gasteiger partial charge in [-0.25, -0.2) is 4.39 Å². The molecule has 0 spiro atoms. The van der Waals surface area contributed by atoms with Gasteiger partial charge in [0.15, 0.2) is 0 Å². The molecule has 0 saturated heterocycles. The Labute approximate surface area is 140 Å². The van der Waals surface area contributed by atoms with Crippen molar-refractivity contribution >= 4 is 5.97 Å². The first-order valence-electron chi connectivity index (χ1n) is 7.96. The van der Waals surface area contributed by atoms with Gasteiger partial charge in [0.1, 0.15) is 11.6 Å². The number of nitrogens with two attached hydrogens (primary N) is 1. The summed E-state index contributed by atoms with van der Waals surface area (Å²) in [5.74, 6) is -0.121. The number of rotatable bonds is 6. The maximum absolute atomic E-state index is 14.3. The van der Waals surface area contributed by atoms with E-state index in [4.69, 9.17) is 10.5 Å². The Balaban J connectivity index is 1.84. The Bertz CT molecular complexity index is 726. The molecule has 2 aromatic rings. The third kappa shape index (κ3) is 3.74. The first kappa shape index (κ1) is 16.5. The second-order valence-electron chi connectivity index (χ2n) is 5.94. The third-order valence-corrected chi connectivity index (χ3v) is 4.04. The summed E-state index contributed by atoms with van der Waals surface area (Å²) < 4.78 is 24.8. The summed E-state index contributed by atoms with van der Waals surface area (Å²) in [6.45, 7) is 0. The number of ether oxygens (including phenoxy) is 2. The number of carbonyl (C=O) groups is 1. The fourth-order valence-electron chi connectivity index (χ4n) is 2.53. The number of halogens is 1. The Morgan fingerprint density at radius 3 is 2.58 bits per heavy atom. The van der Waals surface area contributed by atoms with Gasteiger partial charge in [-0.1, -0.05) is 30.3 Å². The molecule has 2 aromatic carbocycles. The largest absolute Gasteiger partial charge is 0.490 e. The van der Waals surface area contributed by atoms with Gasteiger partial charge in [0.2, 0.25) is 0 Å². The zero-order valence-electron chi connectivity index (χ0n) is 13.5. The first-order valence-corrected chi connectivity index (χ1v) is 7.96. The van der Waals surface area contributed by atoms with Crippen LogP contribution in [0.3, 0.4) is 0 Å². The summed E-state index contributed by atoms with van der Waals surface area (Å²) in [5.41, 5.74) is 7.97. The summed E-state index contributed by atoms with van der Waals surface area (Å²) in [5, 5.41) is 0. The van der Waals surface area contributed by atoms with E-state index >= 15 is 0 Å². The SMILES string of the molecule is COC(=O)C[C@@H](N)c1ccc(-c2c(F)cccc2OC2CC2)cc1. The molecule has 0 unspecified atom stereocenters. The number of hydrogen-bond acceptors (Lipinski definition) is 4. The molecule has 0 bridgehead atoms. The van der Waals surface area contributed by atoms with Crippen LogP contribution in [0.1, 0.15) is 30.9 Å². The van der Waals surface area contributed by atoms with E-state index < -0.39 is 6.04 Å². The standard InChI is InChI=1S/C19H20FNO3/c1-23-18(22)11-16(21)12-5-7-13(8-6-12)19-15(20)3-2-4-17(19)24-14-9-10-14/h2-8,14,16H,9-11,21H2,1H3/t16-/m1/s1. The van der Waals surface area contributed by atoms with E-state index in [1.165, 1.54) is 13.2 Å². The van der Waals surface area contributed by atoms with E-state index in [-0.39, 0.29) is 24.3 Å². The molecule has 1 atom stereocenters. The highest BCUT2D eigenvalue weighted by atomic mass is 19.1. The number of hydrogen-bond donors (Lipinski definition) is 1. The molecule has 0 radical (unpaired) electrons. The summed E-state index contributed by atoms with van der Waals surface area (Å²) in [7, 11) is 1.33. The Morgan fingerprint density at radius 2 is 1.96 bits per heavy atom. The van der Waals surface area contributed by atoms with Crippen LogP contribution < -0.4 is 10.5 Å². The molecule has 0 heterocycles. The number of esters is 1. The monoisotopic (exact) mass is 329 g/mol. The number of carbonyl (C=O) groups excluding carboxylic acids is 1. The molecule has 126 valence electrons. The Hall–Kier alpha value is -2.40. The van der Waals surface area contributed by atoms with Crippen molar-refractivity contribution in [2.24, 2.45) is 5.73 Å². The van der Waals surface area contributed by atoms with Crippen LogP contribution in [0.25, 0.3) is 11.1 Å². The van der Waals surface area contributed by atoms with Crippen molar-refractivity contribution in [3.05, 3.63) is 53.8 Å². The Kier molecular flexibility index (Phi) is 4.81. The minimum absolute atomic E-state index is 0.103. The zero-order valence-corrected chi connectivity index (χ0v) is 13.5. The molecule has 3 rings (SSSR count). The van der Waals surface area contributed by atoms with Gasteiger partial charge in [-0.3, -0.25) is 4.79 Å². The van der Waals surface area contributed by atoms with Crippen LogP contribution in [-0.2, 0) is 9.53 Å². The third-order valence-electron chi connectivity index (χ3n) is 4.04. The topological polar surface area (TPSA) is 61.5 Å². The van der Waals surface area contributed by atoms with Gasteiger partial charge in [0, 0.05) is 6.04 Å². The van der Waals surface area contributed by atoms with Crippen LogP contribution in [0.2, 0.25) is 0 Å². The van der Waals surface area contributed by atoms with Crippen molar-refractivity contribution in [1.29, 1.82) is 0 Å². The molecule has 1 aliphatic rings. The summed E-state index contributed by atoms with van der Waals surface area (Å²) in [4.78, 5) is 11.3. The van der Waals surface area contributed by atoms with Crippen molar-refractivity contribution in [2.45, 2.75) is 31.4 Å². The van der Waals surface area contributed by atoms with Crippen LogP contribution >= 0.6 is 0 Å². The Morgan fingerprint density at radius 1 is 1.25 bits per heavy atom. The predicted octanol–water partition coefficient (Wildman–Crippen LogP) is 3.60. The highest BCUT2D eigenvalue weighted by Gasteiger charge is 2.25. The molecule has 5 heteroatoms. The average Bonchev–Trinajstić information content (AvgIpc) is 3.39. The van der Waals surface area contributed by atoms with Gasteiger partial charge in [0.25, 0.3) is 0 Å². The normalized spacial score (nSPS) is 15.0. The summed E-state index contributed by atoms with van der Waals surface area (Å²) in [6, 6.07) is 11.6. The first-order chi connectivity index (χ1) is 11.6. The molecule has 2 N–H and O–H groups in total.